The SMILES string of the molecule is Cc1ccc(CN2C(=O)C(=Cc3ccc(OCc4ccc(I)cc4)c(Cl)c3)SC2=S)cc1. The van der Waals surface area contributed by atoms with Gasteiger partial charge in [0.05, 0.1) is 16.5 Å². The third kappa shape index (κ3) is 5.73. The number of hydrogen-bond acceptors (Lipinski definition) is 4. The minimum atomic E-state index is -0.0873. The third-order valence-corrected chi connectivity index (χ3v) is 7.29. The van der Waals surface area contributed by atoms with Gasteiger partial charge in [-0.1, -0.05) is 83.6 Å². The van der Waals surface area contributed by atoms with Crippen LogP contribution in [0.3, 0.4) is 0 Å². The Morgan fingerprint density at radius 1 is 1.06 bits per heavy atom. The highest BCUT2D eigenvalue weighted by molar-refractivity contribution is 14.1. The number of thiocarbonyl (C=S) groups is 1. The van der Waals surface area contributed by atoms with Gasteiger partial charge in [0.2, 0.25) is 0 Å². The van der Waals surface area contributed by atoms with Gasteiger partial charge in [0.15, 0.2) is 0 Å². The molecule has 4 rings (SSSR count). The molecule has 0 aliphatic carbocycles. The summed E-state index contributed by atoms with van der Waals surface area (Å²) in [7, 11) is 0. The lowest BCUT2D eigenvalue weighted by Crippen LogP contribution is -2.27. The van der Waals surface area contributed by atoms with Crippen LogP contribution in [-0.4, -0.2) is 15.1 Å². The van der Waals surface area contributed by atoms with Crippen molar-refractivity contribution in [3.05, 3.63) is 102 Å². The summed E-state index contributed by atoms with van der Waals surface area (Å²) < 4.78 is 7.60. The fourth-order valence-electron chi connectivity index (χ4n) is 3.13. The number of hydrogen-bond donors (Lipinski definition) is 0. The summed E-state index contributed by atoms with van der Waals surface area (Å²) >= 11 is 15.5. The Balaban J connectivity index is 1.44. The number of amides is 1. The number of thioether (sulfide) groups is 1. The van der Waals surface area contributed by atoms with Crippen molar-refractivity contribution in [1.29, 1.82) is 0 Å². The van der Waals surface area contributed by atoms with Gasteiger partial charge in [-0.25, -0.2) is 0 Å². The number of ether oxygens (including phenoxy) is 1. The number of benzene rings is 3. The number of aryl methyl sites for hydroxylation is 1. The molecule has 0 atom stereocenters. The molecular formula is C25H19ClINO2S2. The van der Waals surface area contributed by atoms with Crippen molar-refractivity contribution in [3.63, 3.8) is 0 Å². The number of halogens is 2. The number of rotatable bonds is 6. The zero-order valence-electron chi connectivity index (χ0n) is 17.2. The topological polar surface area (TPSA) is 29.5 Å². The Hall–Kier alpha value is -1.87. The van der Waals surface area contributed by atoms with Crippen molar-refractivity contribution < 1.29 is 9.53 Å². The summed E-state index contributed by atoms with van der Waals surface area (Å²) in [6.45, 7) is 2.94. The number of nitrogens with zero attached hydrogens (tertiary/aromatic N) is 1. The van der Waals surface area contributed by atoms with E-state index >= 15 is 0 Å². The Kier molecular flexibility index (Phi) is 7.55. The van der Waals surface area contributed by atoms with Gasteiger partial charge in [-0.15, -0.1) is 0 Å². The predicted octanol–water partition coefficient (Wildman–Crippen LogP) is 7.23. The maximum atomic E-state index is 12.9. The first-order chi connectivity index (χ1) is 15.4. The van der Waals surface area contributed by atoms with Crippen LogP contribution >= 0.6 is 58.2 Å². The molecule has 1 amide bonds. The van der Waals surface area contributed by atoms with Gasteiger partial charge in [-0.3, -0.25) is 9.69 Å². The van der Waals surface area contributed by atoms with Gasteiger partial charge in [0, 0.05) is 3.57 Å². The van der Waals surface area contributed by atoms with E-state index in [9.17, 15) is 4.79 Å². The molecule has 0 saturated carbocycles. The van der Waals surface area contributed by atoms with Crippen LogP contribution in [0.5, 0.6) is 5.75 Å². The van der Waals surface area contributed by atoms with E-state index in [1.807, 2.05) is 73.7 Å². The van der Waals surface area contributed by atoms with Crippen LogP contribution in [0.4, 0.5) is 0 Å². The van der Waals surface area contributed by atoms with E-state index in [0.717, 1.165) is 16.7 Å². The lowest BCUT2D eigenvalue weighted by molar-refractivity contribution is -0.122. The molecule has 0 N–H and O–H groups in total. The molecule has 0 aromatic heterocycles. The molecule has 3 aromatic carbocycles. The first-order valence-electron chi connectivity index (χ1n) is 9.87. The van der Waals surface area contributed by atoms with Gasteiger partial charge >= 0.3 is 0 Å². The standard InChI is InChI=1S/C25H19ClINO2S2/c1-16-2-4-17(5-3-16)14-28-24(29)23(32-25(28)31)13-19-8-11-22(21(26)12-19)30-15-18-6-9-20(27)10-7-18/h2-13H,14-15H2,1H3. The van der Waals surface area contributed by atoms with Gasteiger partial charge in [0.1, 0.15) is 16.7 Å². The Bertz CT molecular complexity index is 1190. The monoisotopic (exact) mass is 591 g/mol. The largest absolute Gasteiger partial charge is 0.487 e. The van der Waals surface area contributed by atoms with E-state index in [1.54, 1.807) is 11.0 Å². The molecule has 1 saturated heterocycles. The van der Waals surface area contributed by atoms with Crippen LogP contribution in [0.1, 0.15) is 22.3 Å². The Morgan fingerprint density at radius 3 is 2.44 bits per heavy atom. The van der Waals surface area contributed by atoms with E-state index in [1.165, 1.54) is 20.9 Å². The first kappa shape index (κ1) is 23.3. The molecule has 0 bridgehead atoms. The molecule has 0 spiro atoms. The van der Waals surface area contributed by atoms with Crippen LogP contribution < -0.4 is 4.74 Å². The second kappa shape index (κ2) is 10.4. The van der Waals surface area contributed by atoms with Crippen LogP contribution in [0.15, 0.2) is 71.6 Å². The lowest BCUT2D eigenvalue weighted by atomic mass is 10.1. The maximum Gasteiger partial charge on any atom is 0.266 e. The minimum absolute atomic E-state index is 0.0873. The molecule has 3 aromatic rings. The highest BCUT2D eigenvalue weighted by Crippen LogP contribution is 2.35. The summed E-state index contributed by atoms with van der Waals surface area (Å²) in [4.78, 5) is 15.1. The van der Waals surface area contributed by atoms with E-state index in [-0.39, 0.29) is 5.91 Å². The Labute approximate surface area is 215 Å². The van der Waals surface area contributed by atoms with Crippen molar-refractivity contribution >= 4 is 74.5 Å². The molecule has 0 radical (unpaired) electrons. The van der Waals surface area contributed by atoms with Gasteiger partial charge < -0.3 is 4.74 Å². The summed E-state index contributed by atoms with van der Waals surface area (Å²) in [5.74, 6) is 0.519. The van der Waals surface area contributed by atoms with Crippen molar-refractivity contribution in [1.82, 2.24) is 4.90 Å². The second-order valence-electron chi connectivity index (χ2n) is 7.36. The highest BCUT2D eigenvalue weighted by Gasteiger charge is 2.32. The molecular weight excluding hydrogens is 573 g/mol. The van der Waals surface area contributed by atoms with Gasteiger partial charge in [-0.05, 0) is 76.5 Å². The molecule has 32 heavy (non-hydrogen) atoms. The average molecular weight is 592 g/mol. The van der Waals surface area contributed by atoms with E-state index < -0.39 is 0 Å². The smallest absolute Gasteiger partial charge is 0.266 e. The van der Waals surface area contributed by atoms with Crippen molar-refractivity contribution in [3.8, 4) is 5.75 Å². The van der Waals surface area contributed by atoms with E-state index in [4.69, 9.17) is 28.6 Å². The highest BCUT2D eigenvalue weighted by atomic mass is 127. The van der Waals surface area contributed by atoms with Crippen molar-refractivity contribution in [2.45, 2.75) is 20.1 Å². The third-order valence-electron chi connectivity index (χ3n) is 4.90. The summed E-state index contributed by atoms with van der Waals surface area (Å²) in [6.07, 6.45) is 1.82. The van der Waals surface area contributed by atoms with Gasteiger partial charge in [-0.2, -0.15) is 0 Å². The fourth-order valence-corrected chi connectivity index (χ4v) is 4.99. The summed E-state index contributed by atoms with van der Waals surface area (Å²) in [5, 5.41) is 0.499. The van der Waals surface area contributed by atoms with Crippen molar-refractivity contribution in [2.24, 2.45) is 0 Å². The molecule has 7 heteroatoms. The molecule has 1 fully saturated rings. The van der Waals surface area contributed by atoms with Crippen LogP contribution in [0.2, 0.25) is 5.02 Å². The Morgan fingerprint density at radius 2 is 1.75 bits per heavy atom. The maximum absolute atomic E-state index is 12.9. The number of carbonyl (C=O) groups is 1. The molecule has 0 unspecified atom stereocenters. The van der Waals surface area contributed by atoms with Crippen LogP contribution in [0, 0.1) is 10.5 Å². The zero-order chi connectivity index (χ0) is 22.7. The van der Waals surface area contributed by atoms with E-state index in [2.05, 4.69) is 22.6 Å². The van der Waals surface area contributed by atoms with Crippen LogP contribution in [0.25, 0.3) is 6.08 Å². The molecule has 1 heterocycles. The summed E-state index contributed by atoms with van der Waals surface area (Å²) in [6, 6.07) is 21.8. The first-order valence-corrected chi connectivity index (χ1v) is 12.5. The quantitative estimate of drug-likeness (QED) is 0.172. The predicted molar refractivity (Wildman–Crippen MR) is 145 cm³/mol. The lowest BCUT2D eigenvalue weighted by Gasteiger charge is -2.14. The summed E-state index contributed by atoms with van der Waals surface area (Å²) in [5.41, 5.74) is 4.13. The minimum Gasteiger partial charge on any atom is -0.487 e. The molecule has 3 nitrogen and oxygen atoms in total. The van der Waals surface area contributed by atoms with E-state index in [0.29, 0.717) is 33.1 Å². The molecule has 162 valence electrons. The molecule has 1 aliphatic rings. The van der Waals surface area contributed by atoms with Gasteiger partial charge in [0.25, 0.3) is 5.91 Å². The van der Waals surface area contributed by atoms with Crippen LogP contribution in [-0.2, 0) is 17.9 Å². The zero-order valence-corrected chi connectivity index (χ0v) is 21.7. The fraction of sp³-hybridized carbons (Fsp3) is 0.120. The molecule has 1 aliphatic heterocycles. The number of carbonyl (C=O) groups excluding carboxylic acids is 1. The average Bonchev–Trinajstić information content (AvgIpc) is 3.03. The van der Waals surface area contributed by atoms with Crippen molar-refractivity contribution in [2.75, 3.05) is 0 Å². The second-order valence-corrected chi connectivity index (χ2v) is 10.7. The normalized spacial score (nSPS) is 15.0.